The predicted molar refractivity (Wildman–Crippen MR) is 87.2 cm³/mol. The van der Waals surface area contributed by atoms with Gasteiger partial charge >= 0.3 is 6.18 Å². The maximum atomic E-state index is 13.0. The van der Waals surface area contributed by atoms with E-state index in [0.29, 0.717) is 11.3 Å². The third-order valence-corrected chi connectivity index (χ3v) is 4.13. The summed E-state index contributed by atoms with van der Waals surface area (Å²) in [5.74, 6) is -1.57. The molecule has 1 atom stereocenters. The highest BCUT2D eigenvalue weighted by molar-refractivity contribution is 6.05. The molecular formula is C18H15F3N2O2. The summed E-state index contributed by atoms with van der Waals surface area (Å²) in [5, 5.41) is 5.17. The van der Waals surface area contributed by atoms with Gasteiger partial charge in [-0.25, -0.2) is 0 Å². The van der Waals surface area contributed by atoms with Crippen LogP contribution in [0, 0.1) is 6.92 Å². The number of carbonyl (C=O) groups is 2. The first-order valence-corrected chi connectivity index (χ1v) is 7.63. The zero-order valence-corrected chi connectivity index (χ0v) is 13.3. The van der Waals surface area contributed by atoms with Crippen molar-refractivity contribution >= 4 is 23.2 Å². The van der Waals surface area contributed by atoms with E-state index >= 15 is 0 Å². The normalized spacial score (nSPS) is 16.8. The third kappa shape index (κ3) is 3.50. The van der Waals surface area contributed by atoms with Gasteiger partial charge in [0.05, 0.1) is 11.5 Å². The first kappa shape index (κ1) is 17.0. The molecule has 3 rings (SSSR count). The van der Waals surface area contributed by atoms with E-state index in [1.807, 2.05) is 0 Å². The van der Waals surface area contributed by atoms with E-state index in [-0.39, 0.29) is 23.6 Å². The van der Waals surface area contributed by atoms with Crippen molar-refractivity contribution in [2.75, 3.05) is 10.6 Å². The molecule has 1 unspecified atom stereocenters. The molecule has 0 aliphatic carbocycles. The Bertz CT molecular complexity index is 846. The molecule has 2 N–H and O–H groups in total. The Morgan fingerprint density at radius 1 is 1.20 bits per heavy atom. The lowest BCUT2D eigenvalue weighted by atomic mass is 9.89. The van der Waals surface area contributed by atoms with Crippen LogP contribution >= 0.6 is 0 Å². The first-order chi connectivity index (χ1) is 11.8. The van der Waals surface area contributed by atoms with Crippen LogP contribution in [0.1, 0.15) is 29.0 Å². The van der Waals surface area contributed by atoms with Crippen LogP contribution in [-0.4, -0.2) is 11.8 Å². The minimum atomic E-state index is -4.50. The van der Waals surface area contributed by atoms with Crippen LogP contribution in [0.4, 0.5) is 24.5 Å². The number of anilines is 2. The fourth-order valence-electron chi connectivity index (χ4n) is 2.88. The lowest BCUT2D eigenvalue weighted by Gasteiger charge is -2.25. The zero-order valence-electron chi connectivity index (χ0n) is 13.3. The monoisotopic (exact) mass is 348 g/mol. The third-order valence-electron chi connectivity index (χ3n) is 4.13. The maximum Gasteiger partial charge on any atom is 0.416 e. The van der Waals surface area contributed by atoms with Gasteiger partial charge in [-0.2, -0.15) is 13.2 Å². The molecule has 0 bridgehead atoms. The van der Waals surface area contributed by atoms with Crippen molar-refractivity contribution in [3.05, 3.63) is 59.2 Å². The minimum absolute atomic E-state index is 0.0476. The number of fused-ring (bicyclic) bond motifs is 1. The quantitative estimate of drug-likeness (QED) is 0.859. The molecule has 2 amide bonds. The summed E-state index contributed by atoms with van der Waals surface area (Å²) in [4.78, 5) is 24.3. The second-order valence-corrected chi connectivity index (χ2v) is 5.91. The number of nitrogens with one attached hydrogen (secondary N) is 2. The molecule has 0 radical (unpaired) electrons. The molecule has 0 spiro atoms. The first-order valence-electron chi connectivity index (χ1n) is 7.63. The number of para-hydroxylation sites is 1. The fraction of sp³-hybridized carbons (Fsp3) is 0.222. The zero-order chi connectivity index (χ0) is 18.2. The molecule has 25 heavy (non-hydrogen) atoms. The van der Waals surface area contributed by atoms with Gasteiger partial charge in [0.15, 0.2) is 0 Å². The van der Waals surface area contributed by atoms with Crippen molar-refractivity contribution in [3.8, 4) is 0 Å². The van der Waals surface area contributed by atoms with Crippen molar-refractivity contribution in [2.45, 2.75) is 25.4 Å². The SMILES string of the molecule is Cc1ccc(NC(=O)C2CC(=O)Nc3ccccc32)cc1C(F)(F)F. The standard InChI is InChI=1S/C18H15F3N2O2/c1-10-6-7-11(8-14(10)18(19,20)21)22-17(25)13-9-16(24)23-15-5-3-2-4-12(13)15/h2-8,13H,9H2,1H3,(H,22,25)(H,23,24). The molecular weight excluding hydrogens is 333 g/mol. The summed E-state index contributed by atoms with van der Waals surface area (Å²) in [6, 6.07) is 10.5. The molecule has 2 aromatic carbocycles. The van der Waals surface area contributed by atoms with Crippen molar-refractivity contribution in [2.24, 2.45) is 0 Å². The van der Waals surface area contributed by atoms with Gasteiger partial charge in [0.2, 0.25) is 11.8 Å². The fourth-order valence-corrected chi connectivity index (χ4v) is 2.88. The molecule has 0 saturated carbocycles. The number of benzene rings is 2. The minimum Gasteiger partial charge on any atom is -0.326 e. The van der Waals surface area contributed by atoms with Crippen LogP contribution in [0.3, 0.4) is 0 Å². The van der Waals surface area contributed by atoms with Gasteiger partial charge < -0.3 is 10.6 Å². The van der Waals surface area contributed by atoms with Crippen molar-refractivity contribution in [1.82, 2.24) is 0 Å². The highest BCUT2D eigenvalue weighted by Crippen LogP contribution is 2.35. The average Bonchev–Trinajstić information content (AvgIpc) is 2.54. The number of hydrogen-bond donors (Lipinski definition) is 2. The van der Waals surface area contributed by atoms with Crippen molar-refractivity contribution in [1.29, 1.82) is 0 Å². The largest absolute Gasteiger partial charge is 0.416 e. The smallest absolute Gasteiger partial charge is 0.326 e. The molecule has 7 heteroatoms. The lowest BCUT2D eigenvalue weighted by Crippen LogP contribution is -2.30. The van der Waals surface area contributed by atoms with Crippen LogP contribution in [0.2, 0.25) is 0 Å². The van der Waals surface area contributed by atoms with E-state index < -0.39 is 23.6 Å². The van der Waals surface area contributed by atoms with Gasteiger partial charge in [-0.05, 0) is 36.2 Å². The summed E-state index contributed by atoms with van der Waals surface area (Å²) in [6.45, 7) is 1.36. The maximum absolute atomic E-state index is 13.0. The van der Waals surface area contributed by atoms with E-state index in [2.05, 4.69) is 10.6 Å². The van der Waals surface area contributed by atoms with Crippen LogP contribution in [-0.2, 0) is 15.8 Å². The Labute approximate surface area is 142 Å². The van der Waals surface area contributed by atoms with Crippen LogP contribution in [0.5, 0.6) is 0 Å². The van der Waals surface area contributed by atoms with E-state index in [4.69, 9.17) is 0 Å². The van der Waals surface area contributed by atoms with E-state index in [1.165, 1.54) is 19.1 Å². The topological polar surface area (TPSA) is 58.2 Å². The van der Waals surface area contributed by atoms with Crippen LogP contribution in [0.25, 0.3) is 0 Å². The summed E-state index contributed by atoms with van der Waals surface area (Å²) in [6.07, 6.45) is -4.55. The second-order valence-electron chi connectivity index (χ2n) is 5.91. The molecule has 2 aromatic rings. The van der Waals surface area contributed by atoms with Crippen molar-refractivity contribution in [3.63, 3.8) is 0 Å². The molecule has 1 aliphatic rings. The number of rotatable bonds is 2. The van der Waals surface area contributed by atoms with Gasteiger partial charge in [-0.1, -0.05) is 24.3 Å². The summed E-state index contributed by atoms with van der Waals surface area (Å²) in [5.41, 5.74) is 0.507. The number of amides is 2. The van der Waals surface area contributed by atoms with Crippen LogP contribution in [0.15, 0.2) is 42.5 Å². The number of alkyl halides is 3. The van der Waals surface area contributed by atoms with Gasteiger partial charge in [-0.3, -0.25) is 9.59 Å². The van der Waals surface area contributed by atoms with E-state index in [9.17, 15) is 22.8 Å². The molecule has 1 heterocycles. The summed E-state index contributed by atoms with van der Waals surface area (Å²) < 4.78 is 39.0. The average molecular weight is 348 g/mol. The summed E-state index contributed by atoms with van der Waals surface area (Å²) in [7, 11) is 0. The molecule has 0 aromatic heterocycles. The highest BCUT2D eigenvalue weighted by Gasteiger charge is 2.34. The molecule has 0 fully saturated rings. The van der Waals surface area contributed by atoms with Crippen molar-refractivity contribution < 1.29 is 22.8 Å². The van der Waals surface area contributed by atoms with Crippen LogP contribution < -0.4 is 10.6 Å². The molecule has 0 saturated heterocycles. The van der Waals surface area contributed by atoms with E-state index in [0.717, 1.165) is 6.07 Å². The Hall–Kier alpha value is -2.83. The van der Waals surface area contributed by atoms with Gasteiger partial charge in [0.25, 0.3) is 0 Å². The van der Waals surface area contributed by atoms with Gasteiger partial charge in [0.1, 0.15) is 0 Å². The number of hydrogen-bond acceptors (Lipinski definition) is 2. The highest BCUT2D eigenvalue weighted by atomic mass is 19.4. The Morgan fingerprint density at radius 2 is 1.92 bits per heavy atom. The van der Waals surface area contributed by atoms with E-state index in [1.54, 1.807) is 24.3 Å². The predicted octanol–water partition coefficient (Wildman–Crippen LogP) is 4.08. The van der Waals surface area contributed by atoms with Gasteiger partial charge in [0, 0.05) is 17.8 Å². The Kier molecular flexibility index (Phi) is 4.24. The molecule has 4 nitrogen and oxygen atoms in total. The Morgan fingerprint density at radius 3 is 2.64 bits per heavy atom. The molecule has 1 aliphatic heterocycles. The Balaban J connectivity index is 1.87. The summed E-state index contributed by atoms with van der Waals surface area (Å²) >= 11 is 0. The number of halogens is 3. The van der Waals surface area contributed by atoms with Gasteiger partial charge in [-0.15, -0.1) is 0 Å². The second kappa shape index (κ2) is 6.23. The number of aryl methyl sites for hydroxylation is 1. The molecule has 130 valence electrons. The number of carbonyl (C=O) groups excluding carboxylic acids is 2. The lowest BCUT2D eigenvalue weighted by molar-refractivity contribution is -0.138.